The van der Waals surface area contributed by atoms with E-state index in [4.69, 9.17) is 4.74 Å². The summed E-state index contributed by atoms with van der Waals surface area (Å²) in [5, 5.41) is 2.55. The van der Waals surface area contributed by atoms with Crippen molar-refractivity contribution in [1.82, 2.24) is 0 Å². The minimum Gasteiger partial charge on any atom is -0.481 e. The van der Waals surface area contributed by atoms with Crippen molar-refractivity contribution in [2.45, 2.75) is 19.4 Å². The van der Waals surface area contributed by atoms with E-state index in [9.17, 15) is 9.18 Å². The van der Waals surface area contributed by atoms with Crippen LogP contribution in [0.25, 0.3) is 0 Å². The van der Waals surface area contributed by atoms with Crippen LogP contribution in [0.2, 0.25) is 0 Å². The van der Waals surface area contributed by atoms with Crippen LogP contribution in [0.3, 0.4) is 0 Å². The summed E-state index contributed by atoms with van der Waals surface area (Å²) in [6, 6.07) is 13.5. The van der Waals surface area contributed by atoms with Gasteiger partial charge in [-0.3, -0.25) is 4.79 Å². The van der Waals surface area contributed by atoms with Crippen molar-refractivity contribution in [1.29, 1.82) is 0 Å². The van der Waals surface area contributed by atoms with E-state index in [0.717, 1.165) is 0 Å². The van der Waals surface area contributed by atoms with Crippen LogP contribution in [-0.4, -0.2) is 12.0 Å². The van der Waals surface area contributed by atoms with Gasteiger partial charge in [0, 0.05) is 4.47 Å². The molecule has 0 saturated heterocycles. The van der Waals surface area contributed by atoms with Gasteiger partial charge in [0.25, 0.3) is 5.91 Å². The molecule has 1 N–H and O–H groups in total. The van der Waals surface area contributed by atoms with Crippen LogP contribution < -0.4 is 10.1 Å². The van der Waals surface area contributed by atoms with Crippen LogP contribution in [-0.2, 0) is 4.79 Å². The van der Waals surface area contributed by atoms with Crippen LogP contribution in [0.4, 0.5) is 10.1 Å². The lowest BCUT2D eigenvalue weighted by atomic mass is 10.2. The number of para-hydroxylation sites is 1. The first-order valence-electron chi connectivity index (χ1n) is 6.57. The molecule has 0 unspecified atom stereocenters. The second kappa shape index (κ2) is 7.22. The zero-order valence-electron chi connectivity index (χ0n) is 11.5. The number of hydrogen-bond donors (Lipinski definition) is 1. The molecular formula is C16H15BrFNO2. The maximum absolute atomic E-state index is 13.7. The first kappa shape index (κ1) is 15.5. The average molecular weight is 352 g/mol. The average Bonchev–Trinajstić information content (AvgIpc) is 2.48. The van der Waals surface area contributed by atoms with Crippen molar-refractivity contribution in [3.8, 4) is 5.75 Å². The fraction of sp³-hybridized carbons (Fsp3) is 0.188. The van der Waals surface area contributed by atoms with Crippen LogP contribution in [0, 0.1) is 5.82 Å². The number of hydrogen-bond acceptors (Lipinski definition) is 2. The fourth-order valence-electron chi connectivity index (χ4n) is 1.79. The van der Waals surface area contributed by atoms with Gasteiger partial charge in [0.15, 0.2) is 6.10 Å². The van der Waals surface area contributed by atoms with E-state index < -0.39 is 11.9 Å². The van der Waals surface area contributed by atoms with Gasteiger partial charge in [0.2, 0.25) is 0 Å². The molecule has 0 saturated carbocycles. The van der Waals surface area contributed by atoms with E-state index in [-0.39, 0.29) is 11.6 Å². The monoisotopic (exact) mass is 351 g/mol. The summed E-state index contributed by atoms with van der Waals surface area (Å²) in [5.74, 6) is -0.259. The highest BCUT2D eigenvalue weighted by Crippen LogP contribution is 2.20. The summed E-state index contributed by atoms with van der Waals surface area (Å²) in [7, 11) is 0. The molecule has 0 aliphatic rings. The number of carbonyl (C=O) groups is 1. The molecule has 110 valence electrons. The molecule has 0 aliphatic heterocycles. The standard InChI is InChI=1S/C16H15BrFNO2/c1-2-15(21-12-6-4-3-5-7-12)16(20)19-14-9-8-11(17)10-13(14)18/h3-10,15H,2H2,1H3,(H,19,20)/t15-/m0/s1. The molecule has 1 atom stereocenters. The van der Waals surface area contributed by atoms with Gasteiger partial charge in [-0.2, -0.15) is 0 Å². The molecule has 2 aromatic carbocycles. The highest BCUT2D eigenvalue weighted by molar-refractivity contribution is 9.10. The zero-order chi connectivity index (χ0) is 15.2. The van der Waals surface area contributed by atoms with Crippen LogP contribution >= 0.6 is 15.9 Å². The summed E-state index contributed by atoms with van der Waals surface area (Å²) in [6.45, 7) is 1.84. The van der Waals surface area contributed by atoms with Gasteiger partial charge in [-0.15, -0.1) is 0 Å². The Labute approximate surface area is 131 Å². The molecule has 2 aromatic rings. The molecule has 1 amide bonds. The normalized spacial score (nSPS) is 11.8. The number of benzene rings is 2. The summed E-state index contributed by atoms with van der Waals surface area (Å²) in [6.07, 6.45) is -0.186. The second-order valence-corrected chi connectivity index (χ2v) is 5.36. The number of anilines is 1. The van der Waals surface area contributed by atoms with Crippen molar-refractivity contribution in [2.75, 3.05) is 5.32 Å². The molecule has 5 heteroatoms. The van der Waals surface area contributed by atoms with Gasteiger partial charge >= 0.3 is 0 Å². The van der Waals surface area contributed by atoms with E-state index in [1.54, 1.807) is 18.2 Å². The van der Waals surface area contributed by atoms with Crippen molar-refractivity contribution < 1.29 is 13.9 Å². The molecule has 21 heavy (non-hydrogen) atoms. The number of ether oxygens (including phenoxy) is 1. The summed E-state index contributed by atoms with van der Waals surface area (Å²) >= 11 is 3.17. The van der Waals surface area contributed by atoms with Crippen molar-refractivity contribution >= 4 is 27.5 Å². The first-order valence-corrected chi connectivity index (χ1v) is 7.37. The Kier molecular flexibility index (Phi) is 5.33. The van der Waals surface area contributed by atoms with E-state index in [2.05, 4.69) is 21.2 Å². The SMILES string of the molecule is CC[C@H](Oc1ccccc1)C(=O)Nc1ccc(Br)cc1F. The number of halogens is 2. The summed E-state index contributed by atoms with van der Waals surface area (Å²) in [5.41, 5.74) is 0.137. The predicted octanol–water partition coefficient (Wildman–Crippen LogP) is 4.38. The minimum absolute atomic E-state index is 0.137. The quantitative estimate of drug-likeness (QED) is 0.867. The Bertz CT molecular complexity index is 619. The number of carbonyl (C=O) groups excluding carboxylic acids is 1. The highest BCUT2D eigenvalue weighted by atomic mass is 79.9. The molecule has 0 radical (unpaired) electrons. The fourth-order valence-corrected chi connectivity index (χ4v) is 2.12. The summed E-state index contributed by atoms with van der Waals surface area (Å²) < 4.78 is 20.0. The smallest absolute Gasteiger partial charge is 0.265 e. The molecule has 0 spiro atoms. The minimum atomic E-state index is -0.671. The van der Waals surface area contributed by atoms with E-state index in [0.29, 0.717) is 16.6 Å². The first-order chi connectivity index (χ1) is 10.1. The Hall–Kier alpha value is -1.88. The Balaban J connectivity index is 2.06. The van der Waals surface area contributed by atoms with Gasteiger partial charge in [0.05, 0.1) is 5.69 Å². The Morgan fingerprint density at radius 3 is 2.62 bits per heavy atom. The lowest BCUT2D eigenvalue weighted by molar-refractivity contribution is -0.122. The molecule has 0 aromatic heterocycles. The maximum Gasteiger partial charge on any atom is 0.265 e. The van der Waals surface area contributed by atoms with Gasteiger partial charge in [0.1, 0.15) is 11.6 Å². The number of nitrogens with one attached hydrogen (secondary N) is 1. The molecular weight excluding hydrogens is 337 g/mol. The number of rotatable bonds is 5. The molecule has 0 aliphatic carbocycles. The highest BCUT2D eigenvalue weighted by Gasteiger charge is 2.19. The third-order valence-electron chi connectivity index (χ3n) is 2.87. The predicted molar refractivity (Wildman–Crippen MR) is 83.9 cm³/mol. The van der Waals surface area contributed by atoms with Crippen LogP contribution in [0.15, 0.2) is 53.0 Å². The van der Waals surface area contributed by atoms with E-state index >= 15 is 0 Å². The topological polar surface area (TPSA) is 38.3 Å². The lowest BCUT2D eigenvalue weighted by Crippen LogP contribution is -2.32. The largest absolute Gasteiger partial charge is 0.481 e. The molecule has 2 rings (SSSR count). The molecule has 0 heterocycles. The van der Waals surface area contributed by atoms with Crippen molar-refractivity contribution in [3.05, 3.63) is 58.8 Å². The second-order valence-electron chi connectivity index (χ2n) is 4.44. The van der Waals surface area contributed by atoms with Crippen LogP contribution in [0.5, 0.6) is 5.75 Å². The Morgan fingerprint density at radius 2 is 2.00 bits per heavy atom. The van der Waals surface area contributed by atoms with E-state index in [1.807, 2.05) is 25.1 Å². The van der Waals surface area contributed by atoms with Gasteiger partial charge in [-0.05, 0) is 36.8 Å². The van der Waals surface area contributed by atoms with Gasteiger partial charge in [-0.25, -0.2) is 4.39 Å². The van der Waals surface area contributed by atoms with Crippen molar-refractivity contribution in [3.63, 3.8) is 0 Å². The summed E-state index contributed by atoms with van der Waals surface area (Å²) in [4.78, 5) is 12.2. The molecule has 3 nitrogen and oxygen atoms in total. The van der Waals surface area contributed by atoms with Crippen LogP contribution in [0.1, 0.15) is 13.3 Å². The van der Waals surface area contributed by atoms with Crippen molar-refractivity contribution in [2.24, 2.45) is 0 Å². The zero-order valence-corrected chi connectivity index (χ0v) is 13.1. The lowest BCUT2D eigenvalue weighted by Gasteiger charge is -2.17. The third-order valence-corrected chi connectivity index (χ3v) is 3.37. The molecule has 0 bridgehead atoms. The third kappa shape index (κ3) is 4.29. The van der Waals surface area contributed by atoms with E-state index in [1.165, 1.54) is 12.1 Å². The number of amides is 1. The van der Waals surface area contributed by atoms with Gasteiger partial charge < -0.3 is 10.1 Å². The molecule has 0 fully saturated rings. The maximum atomic E-state index is 13.7. The Morgan fingerprint density at radius 1 is 1.29 bits per heavy atom. The van der Waals surface area contributed by atoms with Gasteiger partial charge in [-0.1, -0.05) is 41.1 Å².